The molecule has 0 fully saturated rings. The second kappa shape index (κ2) is 5.58. The monoisotopic (exact) mass is 218 g/mol. The summed E-state index contributed by atoms with van der Waals surface area (Å²) in [5.74, 6) is -4.24. The van der Waals surface area contributed by atoms with Crippen molar-refractivity contribution in [2.45, 2.75) is 19.9 Å². The highest BCUT2D eigenvalue weighted by atomic mass is 16.7. The highest BCUT2D eigenvalue weighted by Crippen LogP contribution is 1.88. The van der Waals surface area contributed by atoms with E-state index in [-0.39, 0.29) is 0 Å². The summed E-state index contributed by atoms with van der Waals surface area (Å²) in [4.78, 5) is 46.5. The van der Waals surface area contributed by atoms with Crippen molar-refractivity contribution in [1.29, 1.82) is 0 Å². The van der Waals surface area contributed by atoms with Crippen molar-refractivity contribution in [3.8, 4) is 0 Å². The largest absolute Gasteiger partial charge is 0.479 e. The Balaban J connectivity index is 4.36. The van der Waals surface area contributed by atoms with E-state index in [0.29, 0.717) is 0 Å². The van der Waals surface area contributed by atoms with Gasteiger partial charge in [-0.25, -0.2) is 9.59 Å². The lowest BCUT2D eigenvalue weighted by atomic mass is 10.3. The third-order valence-corrected chi connectivity index (χ3v) is 1.13. The first-order chi connectivity index (χ1) is 6.84. The average Bonchev–Trinajstić information content (AvgIpc) is 2.09. The van der Waals surface area contributed by atoms with Gasteiger partial charge in [0.25, 0.3) is 0 Å². The Hall–Kier alpha value is -2.12. The van der Waals surface area contributed by atoms with Crippen LogP contribution in [0.4, 0.5) is 0 Å². The minimum absolute atomic E-state index is 0.671. The smallest absolute Gasteiger partial charge is 0.365 e. The van der Waals surface area contributed by atoms with E-state index in [0.717, 1.165) is 13.8 Å². The third kappa shape index (κ3) is 5.24. The van der Waals surface area contributed by atoms with E-state index >= 15 is 0 Å². The van der Waals surface area contributed by atoms with E-state index in [1.807, 2.05) is 5.32 Å². The first kappa shape index (κ1) is 12.9. The lowest BCUT2D eigenvalue weighted by Crippen LogP contribution is -2.48. The summed E-state index contributed by atoms with van der Waals surface area (Å²) in [6, 6.07) is -1.84. The Kier molecular flexibility index (Phi) is 4.79. The number of carboxylic acid groups (broad SMARTS) is 1. The normalized spacial score (nSPS) is 11.1. The number of hydroxylamine groups is 1. The number of hydrogen-bond donors (Lipinski definition) is 3. The van der Waals surface area contributed by atoms with Crippen LogP contribution < -0.4 is 10.8 Å². The molecule has 3 N–H and O–H groups in total. The molecule has 1 unspecified atom stereocenters. The van der Waals surface area contributed by atoms with E-state index < -0.39 is 29.8 Å². The molecule has 0 saturated heterocycles. The SMILES string of the molecule is CC(=O)NOC(=O)C(NC(C)=O)C(=O)O. The summed E-state index contributed by atoms with van der Waals surface area (Å²) in [7, 11) is 0. The highest BCUT2D eigenvalue weighted by molar-refractivity contribution is 6.01. The number of hydrogen-bond acceptors (Lipinski definition) is 5. The number of aliphatic carboxylic acids is 1. The van der Waals surface area contributed by atoms with Crippen molar-refractivity contribution in [3.63, 3.8) is 0 Å². The standard InChI is InChI=1S/C7H10N2O6/c1-3(10)8-5(6(12)13)7(14)15-9-4(2)11/h5H,1-2H3,(H,8,10)(H,9,11)(H,12,13). The minimum atomic E-state index is -1.84. The molecular weight excluding hydrogens is 208 g/mol. The Bertz CT molecular complexity index is 300. The topological polar surface area (TPSA) is 122 Å². The fourth-order valence-electron chi connectivity index (χ4n) is 0.606. The summed E-state index contributed by atoms with van der Waals surface area (Å²) in [5, 5.41) is 10.4. The van der Waals surface area contributed by atoms with Crippen LogP contribution in [0.2, 0.25) is 0 Å². The first-order valence-electron chi connectivity index (χ1n) is 3.81. The van der Waals surface area contributed by atoms with Gasteiger partial charge in [0.1, 0.15) is 0 Å². The molecule has 0 aliphatic carbocycles. The summed E-state index contributed by atoms with van der Waals surface area (Å²) in [5.41, 5.74) is 1.65. The van der Waals surface area contributed by atoms with Gasteiger partial charge in [-0.05, 0) is 0 Å². The van der Waals surface area contributed by atoms with E-state index in [1.54, 1.807) is 5.48 Å². The molecule has 0 rings (SSSR count). The zero-order valence-electron chi connectivity index (χ0n) is 8.07. The Morgan fingerprint density at radius 3 is 2.00 bits per heavy atom. The van der Waals surface area contributed by atoms with Crippen molar-refractivity contribution in [2.24, 2.45) is 0 Å². The highest BCUT2D eigenvalue weighted by Gasteiger charge is 2.29. The minimum Gasteiger partial charge on any atom is -0.479 e. The summed E-state index contributed by atoms with van der Waals surface area (Å²) in [6.45, 7) is 2.11. The number of carbonyl (C=O) groups is 4. The fourth-order valence-corrected chi connectivity index (χ4v) is 0.606. The lowest BCUT2D eigenvalue weighted by molar-refractivity contribution is -0.165. The van der Waals surface area contributed by atoms with E-state index in [4.69, 9.17) is 5.11 Å². The zero-order chi connectivity index (χ0) is 12.0. The number of rotatable bonds is 3. The van der Waals surface area contributed by atoms with Gasteiger partial charge in [-0.2, -0.15) is 5.48 Å². The molecule has 0 aliphatic rings. The summed E-state index contributed by atoms with van der Waals surface area (Å²) < 4.78 is 0. The number of carboxylic acids is 1. The van der Waals surface area contributed by atoms with Crippen LogP contribution in [0.15, 0.2) is 0 Å². The zero-order valence-corrected chi connectivity index (χ0v) is 8.07. The molecule has 8 nitrogen and oxygen atoms in total. The molecule has 0 aromatic rings. The molecule has 0 heterocycles. The molecule has 0 aromatic heterocycles. The van der Waals surface area contributed by atoms with Crippen LogP contribution in [0.3, 0.4) is 0 Å². The van der Waals surface area contributed by atoms with Gasteiger partial charge in [-0.15, -0.1) is 0 Å². The maximum Gasteiger partial charge on any atom is 0.365 e. The Morgan fingerprint density at radius 2 is 1.67 bits per heavy atom. The van der Waals surface area contributed by atoms with Crippen LogP contribution in [-0.4, -0.2) is 34.9 Å². The lowest BCUT2D eigenvalue weighted by Gasteiger charge is -2.11. The van der Waals surface area contributed by atoms with Gasteiger partial charge in [0.15, 0.2) is 0 Å². The van der Waals surface area contributed by atoms with E-state index in [1.165, 1.54) is 0 Å². The van der Waals surface area contributed by atoms with Crippen LogP contribution in [0.1, 0.15) is 13.8 Å². The van der Waals surface area contributed by atoms with E-state index in [2.05, 4.69) is 4.84 Å². The Labute approximate surface area is 84.5 Å². The average molecular weight is 218 g/mol. The summed E-state index contributed by atoms with van der Waals surface area (Å²) in [6.07, 6.45) is 0. The van der Waals surface area contributed by atoms with Crippen molar-refractivity contribution in [2.75, 3.05) is 0 Å². The van der Waals surface area contributed by atoms with Crippen LogP contribution in [0, 0.1) is 0 Å². The maximum absolute atomic E-state index is 11.0. The molecule has 0 saturated carbocycles. The Morgan fingerprint density at radius 1 is 1.13 bits per heavy atom. The summed E-state index contributed by atoms with van der Waals surface area (Å²) >= 11 is 0. The predicted molar refractivity (Wildman–Crippen MR) is 45.1 cm³/mol. The first-order valence-corrected chi connectivity index (χ1v) is 3.81. The fraction of sp³-hybridized carbons (Fsp3) is 0.429. The molecule has 2 amide bonds. The van der Waals surface area contributed by atoms with Crippen LogP contribution in [0.5, 0.6) is 0 Å². The van der Waals surface area contributed by atoms with Gasteiger partial charge in [-0.1, -0.05) is 0 Å². The quantitative estimate of drug-likeness (QED) is 0.378. The van der Waals surface area contributed by atoms with Crippen LogP contribution in [-0.2, 0) is 24.0 Å². The van der Waals surface area contributed by atoms with E-state index in [9.17, 15) is 19.2 Å². The number of carbonyl (C=O) groups excluding carboxylic acids is 3. The van der Waals surface area contributed by atoms with Crippen molar-refractivity contribution >= 4 is 23.8 Å². The molecule has 0 aromatic carbocycles. The molecule has 0 aliphatic heterocycles. The van der Waals surface area contributed by atoms with Crippen molar-refractivity contribution < 1.29 is 29.1 Å². The van der Waals surface area contributed by atoms with Gasteiger partial charge in [-0.3, -0.25) is 9.59 Å². The number of amides is 2. The van der Waals surface area contributed by atoms with Crippen molar-refractivity contribution in [1.82, 2.24) is 10.8 Å². The van der Waals surface area contributed by atoms with Crippen LogP contribution >= 0.6 is 0 Å². The van der Waals surface area contributed by atoms with Gasteiger partial charge < -0.3 is 15.3 Å². The van der Waals surface area contributed by atoms with Gasteiger partial charge in [0, 0.05) is 13.8 Å². The van der Waals surface area contributed by atoms with Crippen molar-refractivity contribution in [3.05, 3.63) is 0 Å². The maximum atomic E-state index is 11.0. The van der Waals surface area contributed by atoms with Gasteiger partial charge in [0.05, 0.1) is 0 Å². The molecule has 1 atom stereocenters. The predicted octanol–water partition coefficient (Wildman–Crippen LogP) is -1.83. The third-order valence-electron chi connectivity index (χ3n) is 1.13. The second-order valence-electron chi connectivity index (χ2n) is 2.55. The van der Waals surface area contributed by atoms with Gasteiger partial charge >= 0.3 is 11.9 Å². The van der Waals surface area contributed by atoms with Crippen LogP contribution in [0.25, 0.3) is 0 Å². The molecular formula is C7H10N2O6. The number of nitrogens with one attached hydrogen (secondary N) is 2. The second-order valence-corrected chi connectivity index (χ2v) is 2.55. The molecule has 84 valence electrons. The van der Waals surface area contributed by atoms with Gasteiger partial charge in [0.2, 0.25) is 17.9 Å². The molecule has 15 heavy (non-hydrogen) atoms. The molecule has 8 heteroatoms. The molecule has 0 bridgehead atoms. The molecule has 0 radical (unpaired) electrons. The molecule has 0 spiro atoms.